The minimum absolute atomic E-state index is 0.359. The number of hydrogen-bond acceptors (Lipinski definition) is 2. The average molecular weight is 172 g/mol. The molecule has 2 nitrogen and oxygen atoms in total. The van der Waals surface area contributed by atoms with E-state index in [-0.39, 0.29) is 0 Å². The Bertz CT molecular complexity index is 93.8. The minimum atomic E-state index is 0.359. The standard InChI is InChI=1S/C10H24N2/c1-3-5-6-10(12)8-7-9(11)4-2/h9-10H,3-8,11-12H2,1-2H3. The quantitative estimate of drug-likeness (QED) is 0.617. The lowest BCUT2D eigenvalue weighted by molar-refractivity contribution is 0.479. The molecule has 0 aliphatic rings. The maximum atomic E-state index is 5.91. The van der Waals surface area contributed by atoms with E-state index in [1.807, 2.05) is 0 Å². The van der Waals surface area contributed by atoms with Gasteiger partial charge in [0.05, 0.1) is 0 Å². The van der Waals surface area contributed by atoms with E-state index >= 15 is 0 Å². The molecule has 2 unspecified atom stereocenters. The van der Waals surface area contributed by atoms with E-state index < -0.39 is 0 Å². The van der Waals surface area contributed by atoms with Gasteiger partial charge in [0.15, 0.2) is 0 Å². The Hall–Kier alpha value is -0.0800. The van der Waals surface area contributed by atoms with Gasteiger partial charge in [-0.2, -0.15) is 0 Å². The molecule has 4 N–H and O–H groups in total. The lowest BCUT2D eigenvalue weighted by Crippen LogP contribution is -2.25. The largest absolute Gasteiger partial charge is 0.328 e. The molecule has 0 saturated carbocycles. The van der Waals surface area contributed by atoms with Crippen LogP contribution in [0.4, 0.5) is 0 Å². The Morgan fingerprint density at radius 3 is 2.00 bits per heavy atom. The molecule has 74 valence electrons. The first-order valence-electron chi connectivity index (χ1n) is 5.21. The van der Waals surface area contributed by atoms with Gasteiger partial charge in [0, 0.05) is 12.1 Å². The van der Waals surface area contributed by atoms with E-state index in [1.165, 1.54) is 12.8 Å². The van der Waals surface area contributed by atoms with Crippen molar-refractivity contribution in [1.29, 1.82) is 0 Å². The smallest absolute Gasteiger partial charge is 0.00394 e. The van der Waals surface area contributed by atoms with Crippen LogP contribution in [-0.4, -0.2) is 12.1 Å². The third kappa shape index (κ3) is 6.62. The van der Waals surface area contributed by atoms with E-state index in [4.69, 9.17) is 11.5 Å². The highest BCUT2D eigenvalue weighted by atomic mass is 14.6. The van der Waals surface area contributed by atoms with Crippen molar-refractivity contribution in [1.82, 2.24) is 0 Å². The summed E-state index contributed by atoms with van der Waals surface area (Å²) in [5.41, 5.74) is 11.7. The Kier molecular flexibility index (Phi) is 7.51. The second kappa shape index (κ2) is 7.56. The van der Waals surface area contributed by atoms with Gasteiger partial charge in [-0.05, 0) is 25.7 Å². The maximum absolute atomic E-state index is 5.91. The normalized spacial score (nSPS) is 16.0. The van der Waals surface area contributed by atoms with Crippen LogP contribution >= 0.6 is 0 Å². The first-order chi connectivity index (χ1) is 5.70. The Morgan fingerprint density at radius 2 is 1.50 bits per heavy atom. The van der Waals surface area contributed by atoms with E-state index in [9.17, 15) is 0 Å². The average Bonchev–Trinajstić information content (AvgIpc) is 2.10. The molecule has 0 bridgehead atoms. The predicted octanol–water partition coefficient (Wildman–Crippen LogP) is 2.02. The van der Waals surface area contributed by atoms with Crippen LogP contribution in [0.25, 0.3) is 0 Å². The molecule has 2 atom stereocenters. The molecule has 0 radical (unpaired) electrons. The number of hydrogen-bond donors (Lipinski definition) is 2. The third-order valence-corrected chi connectivity index (χ3v) is 2.36. The van der Waals surface area contributed by atoms with Crippen LogP contribution in [0.1, 0.15) is 52.4 Å². The Balaban J connectivity index is 3.24. The van der Waals surface area contributed by atoms with Crippen molar-refractivity contribution in [2.45, 2.75) is 64.5 Å². The van der Waals surface area contributed by atoms with E-state index in [0.29, 0.717) is 12.1 Å². The summed E-state index contributed by atoms with van der Waals surface area (Å²) in [4.78, 5) is 0. The molecular formula is C10H24N2. The predicted molar refractivity (Wildman–Crippen MR) is 55.0 cm³/mol. The zero-order valence-corrected chi connectivity index (χ0v) is 8.55. The van der Waals surface area contributed by atoms with Gasteiger partial charge in [0.1, 0.15) is 0 Å². The molecule has 0 spiro atoms. The third-order valence-electron chi connectivity index (χ3n) is 2.36. The summed E-state index contributed by atoms with van der Waals surface area (Å²) < 4.78 is 0. The lowest BCUT2D eigenvalue weighted by Gasteiger charge is -2.13. The summed E-state index contributed by atoms with van der Waals surface area (Å²) in [6, 6.07) is 0.736. The molecule has 0 aromatic carbocycles. The second-order valence-corrected chi connectivity index (χ2v) is 3.65. The van der Waals surface area contributed by atoms with Crippen molar-refractivity contribution in [3.63, 3.8) is 0 Å². The van der Waals surface area contributed by atoms with Gasteiger partial charge in [-0.1, -0.05) is 26.7 Å². The van der Waals surface area contributed by atoms with Crippen LogP contribution in [-0.2, 0) is 0 Å². The van der Waals surface area contributed by atoms with Crippen LogP contribution in [0.5, 0.6) is 0 Å². The second-order valence-electron chi connectivity index (χ2n) is 3.65. The lowest BCUT2D eigenvalue weighted by atomic mass is 10.0. The van der Waals surface area contributed by atoms with Gasteiger partial charge in [0.2, 0.25) is 0 Å². The molecule has 0 aromatic rings. The molecule has 2 heteroatoms. The fraction of sp³-hybridized carbons (Fsp3) is 1.00. The zero-order chi connectivity index (χ0) is 9.40. The first-order valence-corrected chi connectivity index (χ1v) is 5.21. The Morgan fingerprint density at radius 1 is 0.917 bits per heavy atom. The van der Waals surface area contributed by atoms with Crippen molar-refractivity contribution in [3.8, 4) is 0 Å². The van der Waals surface area contributed by atoms with Crippen molar-refractivity contribution in [2.24, 2.45) is 11.5 Å². The molecular weight excluding hydrogens is 148 g/mol. The van der Waals surface area contributed by atoms with Gasteiger partial charge in [-0.3, -0.25) is 0 Å². The van der Waals surface area contributed by atoms with Gasteiger partial charge in [-0.25, -0.2) is 0 Å². The van der Waals surface area contributed by atoms with Gasteiger partial charge >= 0.3 is 0 Å². The molecule has 0 saturated heterocycles. The SMILES string of the molecule is CCCCC(N)CCC(N)CC. The summed E-state index contributed by atoms with van der Waals surface area (Å²) in [6.07, 6.45) is 6.90. The maximum Gasteiger partial charge on any atom is 0.00394 e. The Labute approximate surface area is 76.7 Å². The summed E-state index contributed by atoms with van der Waals surface area (Å²) in [5.74, 6) is 0. The zero-order valence-electron chi connectivity index (χ0n) is 8.55. The van der Waals surface area contributed by atoms with Crippen molar-refractivity contribution >= 4 is 0 Å². The highest BCUT2D eigenvalue weighted by molar-refractivity contribution is 4.66. The van der Waals surface area contributed by atoms with Gasteiger partial charge in [-0.15, -0.1) is 0 Å². The van der Waals surface area contributed by atoms with Gasteiger partial charge in [0.25, 0.3) is 0 Å². The highest BCUT2D eigenvalue weighted by Gasteiger charge is 2.04. The van der Waals surface area contributed by atoms with Crippen LogP contribution in [0.15, 0.2) is 0 Å². The van der Waals surface area contributed by atoms with Crippen molar-refractivity contribution in [3.05, 3.63) is 0 Å². The van der Waals surface area contributed by atoms with E-state index in [1.54, 1.807) is 0 Å². The number of unbranched alkanes of at least 4 members (excludes halogenated alkanes) is 1. The van der Waals surface area contributed by atoms with Crippen LogP contribution < -0.4 is 11.5 Å². The van der Waals surface area contributed by atoms with Crippen molar-refractivity contribution in [2.75, 3.05) is 0 Å². The van der Waals surface area contributed by atoms with E-state index in [2.05, 4.69) is 13.8 Å². The monoisotopic (exact) mass is 172 g/mol. The van der Waals surface area contributed by atoms with Crippen LogP contribution in [0, 0.1) is 0 Å². The summed E-state index contributed by atoms with van der Waals surface area (Å²) >= 11 is 0. The molecule has 0 rings (SSSR count). The molecule has 0 aliphatic heterocycles. The summed E-state index contributed by atoms with van der Waals surface area (Å²) in [5, 5.41) is 0. The molecule has 0 aliphatic carbocycles. The minimum Gasteiger partial charge on any atom is -0.328 e. The van der Waals surface area contributed by atoms with Crippen molar-refractivity contribution < 1.29 is 0 Å². The molecule has 0 heterocycles. The number of rotatable bonds is 7. The summed E-state index contributed by atoms with van der Waals surface area (Å²) in [7, 11) is 0. The highest BCUT2D eigenvalue weighted by Crippen LogP contribution is 2.06. The molecule has 0 aromatic heterocycles. The van der Waals surface area contributed by atoms with E-state index in [0.717, 1.165) is 25.7 Å². The molecule has 12 heavy (non-hydrogen) atoms. The summed E-state index contributed by atoms with van der Waals surface area (Å²) in [6.45, 7) is 4.33. The topological polar surface area (TPSA) is 52.0 Å². The fourth-order valence-corrected chi connectivity index (χ4v) is 1.24. The van der Waals surface area contributed by atoms with Crippen LogP contribution in [0.2, 0.25) is 0 Å². The number of nitrogens with two attached hydrogens (primary N) is 2. The van der Waals surface area contributed by atoms with Crippen LogP contribution in [0.3, 0.4) is 0 Å². The molecule has 0 fully saturated rings. The first kappa shape index (κ1) is 11.9. The van der Waals surface area contributed by atoms with Gasteiger partial charge < -0.3 is 11.5 Å². The molecule has 0 amide bonds. The fourth-order valence-electron chi connectivity index (χ4n) is 1.24.